The molecule has 2 amide bonds. The molecule has 0 fully saturated rings. The van der Waals surface area contributed by atoms with Crippen LogP contribution in [0.25, 0.3) is 0 Å². The molecule has 126 valence electrons. The number of carbonyl (C=O) groups excluding carboxylic acids is 2. The van der Waals surface area contributed by atoms with Crippen LogP contribution in [0.4, 0.5) is 4.79 Å². The number of aliphatic carboxylic acids is 1. The first kappa shape index (κ1) is 18.3. The number of hydrogen-bond acceptors (Lipinski definition) is 5. The number of carboxylic acids is 1. The zero-order valence-corrected chi connectivity index (χ0v) is 13.2. The molecule has 23 heavy (non-hydrogen) atoms. The van der Waals surface area contributed by atoms with Crippen molar-refractivity contribution in [3.05, 3.63) is 23.8 Å². The lowest BCUT2D eigenvalue weighted by Gasteiger charge is -2.14. The first-order valence-corrected chi connectivity index (χ1v) is 6.85. The van der Waals surface area contributed by atoms with Gasteiger partial charge in [0.15, 0.2) is 11.5 Å². The minimum Gasteiger partial charge on any atom is -0.493 e. The topological polar surface area (TPSA) is 114 Å². The summed E-state index contributed by atoms with van der Waals surface area (Å²) in [6.07, 6.45) is -0.265. The highest BCUT2D eigenvalue weighted by molar-refractivity contribution is 5.88. The van der Waals surface area contributed by atoms with Crippen LogP contribution in [0.15, 0.2) is 18.2 Å². The Morgan fingerprint density at radius 1 is 1.17 bits per heavy atom. The summed E-state index contributed by atoms with van der Waals surface area (Å²) in [7, 11) is 3.02. The van der Waals surface area contributed by atoms with Crippen molar-refractivity contribution in [2.45, 2.75) is 25.9 Å². The lowest BCUT2D eigenvalue weighted by atomic mass is 10.1. The van der Waals surface area contributed by atoms with E-state index < -0.39 is 18.0 Å². The van der Waals surface area contributed by atoms with Crippen LogP contribution in [0.2, 0.25) is 0 Å². The molecule has 1 aromatic carbocycles. The Bertz CT molecular complexity index is 587. The summed E-state index contributed by atoms with van der Waals surface area (Å²) < 4.78 is 10.3. The summed E-state index contributed by atoms with van der Waals surface area (Å²) in [4.78, 5) is 33.7. The van der Waals surface area contributed by atoms with Crippen molar-refractivity contribution in [1.82, 2.24) is 10.6 Å². The quantitative estimate of drug-likeness (QED) is 0.655. The maximum Gasteiger partial charge on any atom is 0.326 e. The number of hydrogen-bond donors (Lipinski definition) is 3. The summed E-state index contributed by atoms with van der Waals surface area (Å²) in [5.41, 5.74) is 0.747. The summed E-state index contributed by atoms with van der Waals surface area (Å²) in [5, 5.41) is 13.7. The van der Waals surface area contributed by atoms with Gasteiger partial charge in [-0.15, -0.1) is 0 Å². The van der Waals surface area contributed by atoms with E-state index in [9.17, 15) is 14.4 Å². The molecule has 1 unspecified atom stereocenters. The lowest BCUT2D eigenvalue weighted by Crippen LogP contribution is -2.46. The number of rotatable bonds is 8. The minimum absolute atomic E-state index is 0.165. The van der Waals surface area contributed by atoms with E-state index in [0.29, 0.717) is 11.5 Å². The number of ketones is 1. The predicted molar refractivity (Wildman–Crippen MR) is 81.6 cm³/mol. The monoisotopic (exact) mass is 324 g/mol. The molecule has 1 aromatic rings. The number of urea groups is 1. The third-order valence-electron chi connectivity index (χ3n) is 3.00. The van der Waals surface area contributed by atoms with Crippen LogP contribution >= 0.6 is 0 Å². The second-order valence-electron chi connectivity index (χ2n) is 4.81. The smallest absolute Gasteiger partial charge is 0.326 e. The number of ether oxygens (including phenoxy) is 2. The van der Waals surface area contributed by atoms with Crippen LogP contribution in [0.1, 0.15) is 18.9 Å². The van der Waals surface area contributed by atoms with Gasteiger partial charge in [0.25, 0.3) is 0 Å². The Hall–Kier alpha value is -2.77. The number of Topliss-reactive ketones (excluding diaryl/α,β-unsaturated/α-hetero) is 1. The van der Waals surface area contributed by atoms with Crippen molar-refractivity contribution >= 4 is 17.8 Å². The second kappa shape index (κ2) is 8.62. The van der Waals surface area contributed by atoms with Crippen molar-refractivity contribution in [2.75, 3.05) is 14.2 Å². The molecule has 0 saturated heterocycles. The first-order valence-electron chi connectivity index (χ1n) is 6.85. The molecule has 8 nitrogen and oxygen atoms in total. The number of carbonyl (C=O) groups is 3. The van der Waals surface area contributed by atoms with Crippen molar-refractivity contribution < 1.29 is 29.0 Å². The second-order valence-corrected chi connectivity index (χ2v) is 4.81. The largest absolute Gasteiger partial charge is 0.493 e. The number of carboxylic acid groups (broad SMARTS) is 1. The molecule has 0 spiro atoms. The van der Waals surface area contributed by atoms with E-state index in [1.165, 1.54) is 21.1 Å². The molecular formula is C15H20N2O6. The molecular weight excluding hydrogens is 304 g/mol. The predicted octanol–water partition coefficient (Wildman–Crippen LogP) is 0.935. The van der Waals surface area contributed by atoms with Crippen molar-refractivity contribution in [3.8, 4) is 11.5 Å². The fraction of sp³-hybridized carbons (Fsp3) is 0.400. The highest BCUT2D eigenvalue weighted by Gasteiger charge is 2.21. The third kappa shape index (κ3) is 5.85. The van der Waals surface area contributed by atoms with Crippen LogP contribution in [-0.4, -0.2) is 43.2 Å². The van der Waals surface area contributed by atoms with E-state index >= 15 is 0 Å². The summed E-state index contributed by atoms with van der Waals surface area (Å²) >= 11 is 0. The highest BCUT2D eigenvalue weighted by atomic mass is 16.5. The fourth-order valence-electron chi connectivity index (χ4n) is 1.87. The Morgan fingerprint density at radius 2 is 1.83 bits per heavy atom. The van der Waals surface area contributed by atoms with E-state index in [4.69, 9.17) is 14.6 Å². The molecule has 0 aliphatic rings. The van der Waals surface area contributed by atoms with Gasteiger partial charge in [0, 0.05) is 13.0 Å². The van der Waals surface area contributed by atoms with Gasteiger partial charge in [-0.25, -0.2) is 9.59 Å². The molecule has 1 rings (SSSR count). The van der Waals surface area contributed by atoms with Gasteiger partial charge < -0.3 is 25.2 Å². The summed E-state index contributed by atoms with van der Waals surface area (Å²) in [6, 6.07) is 3.21. The average Bonchev–Trinajstić information content (AvgIpc) is 2.51. The van der Waals surface area contributed by atoms with Gasteiger partial charge in [0.2, 0.25) is 0 Å². The minimum atomic E-state index is -1.26. The van der Waals surface area contributed by atoms with E-state index in [0.717, 1.165) is 5.56 Å². The molecule has 8 heteroatoms. The average molecular weight is 324 g/mol. The van der Waals surface area contributed by atoms with Gasteiger partial charge in [-0.2, -0.15) is 0 Å². The van der Waals surface area contributed by atoms with Gasteiger partial charge in [-0.1, -0.05) is 6.07 Å². The van der Waals surface area contributed by atoms with Crippen LogP contribution in [0, 0.1) is 0 Å². The maximum atomic E-state index is 11.7. The van der Waals surface area contributed by atoms with Crippen LogP contribution in [0.3, 0.4) is 0 Å². The zero-order chi connectivity index (χ0) is 17.4. The summed E-state index contributed by atoms with van der Waals surface area (Å²) in [5.74, 6) is -0.501. The van der Waals surface area contributed by atoms with Gasteiger partial charge in [-0.05, 0) is 24.6 Å². The number of amides is 2. The van der Waals surface area contributed by atoms with Gasteiger partial charge >= 0.3 is 12.0 Å². The maximum absolute atomic E-state index is 11.7. The van der Waals surface area contributed by atoms with Gasteiger partial charge in [-0.3, -0.25) is 4.79 Å². The van der Waals surface area contributed by atoms with Crippen molar-refractivity contribution in [2.24, 2.45) is 0 Å². The van der Waals surface area contributed by atoms with E-state index in [1.54, 1.807) is 18.2 Å². The molecule has 0 bridgehead atoms. The van der Waals surface area contributed by atoms with Crippen molar-refractivity contribution in [3.63, 3.8) is 0 Å². The highest BCUT2D eigenvalue weighted by Crippen LogP contribution is 2.27. The zero-order valence-electron chi connectivity index (χ0n) is 13.2. The molecule has 0 aliphatic heterocycles. The normalized spacial score (nSPS) is 11.3. The van der Waals surface area contributed by atoms with E-state index in [2.05, 4.69) is 10.6 Å². The SMILES string of the molecule is COc1ccc(CNC(=O)NC(CC(C)=O)C(=O)O)cc1OC. The first-order chi connectivity index (χ1) is 10.9. The van der Waals surface area contributed by atoms with Crippen LogP contribution < -0.4 is 20.1 Å². The standard InChI is InChI=1S/C15H20N2O6/c1-9(18)6-11(14(19)20)17-15(21)16-8-10-4-5-12(22-2)13(7-10)23-3/h4-5,7,11H,6,8H2,1-3H3,(H,19,20)(H2,16,17,21). The Labute approximate surface area is 133 Å². The number of nitrogens with one attached hydrogen (secondary N) is 2. The number of benzene rings is 1. The molecule has 0 heterocycles. The van der Waals surface area contributed by atoms with E-state index in [1.807, 2.05) is 0 Å². The molecule has 0 radical (unpaired) electrons. The van der Waals surface area contributed by atoms with Gasteiger partial charge in [0.05, 0.1) is 14.2 Å². The van der Waals surface area contributed by atoms with Crippen LogP contribution in [0.5, 0.6) is 11.5 Å². The molecule has 0 aliphatic carbocycles. The molecule has 3 N–H and O–H groups in total. The molecule has 0 saturated carbocycles. The lowest BCUT2D eigenvalue weighted by molar-refractivity contribution is -0.140. The van der Waals surface area contributed by atoms with E-state index in [-0.39, 0.29) is 18.7 Å². The Balaban J connectivity index is 2.61. The molecule has 1 atom stereocenters. The van der Waals surface area contributed by atoms with Crippen molar-refractivity contribution in [1.29, 1.82) is 0 Å². The Morgan fingerprint density at radius 3 is 2.35 bits per heavy atom. The number of methoxy groups -OCH3 is 2. The Kier molecular flexibility index (Phi) is 6.85. The fourth-order valence-corrected chi connectivity index (χ4v) is 1.87. The molecule has 0 aromatic heterocycles. The van der Waals surface area contributed by atoms with Crippen LogP contribution in [-0.2, 0) is 16.1 Å². The third-order valence-corrected chi connectivity index (χ3v) is 3.00. The van der Waals surface area contributed by atoms with Gasteiger partial charge in [0.1, 0.15) is 11.8 Å². The summed E-state index contributed by atoms with van der Waals surface area (Å²) in [6.45, 7) is 1.43.